The summed E-state index contributed by atoms with van der Waals surface area (Å²) in [6, 6.07) is 8.82. The van der Waals surface area contributed by atoms with Crippen LogP contribution in [0.15, 0.2) is 24.3 Å². The molecular weight excluding hydrogens is 226 g/mol. The molecule has 0 aliphatic carbocycles. The van der Waals surface area contributed by atoms with E-state index in [1.807, 2.05) is 11.9 Å². The number of benzene rings is 1. The summed E-state index contributed by atoms with van der Waals surface area (Å²) in [5, 5.41) is 0. The van der Waals surface area contributed by atoms with E-state index < -0.39 is 0 Å². The molecule has 0 atom stereocenters. The number of para-hydroxylation sites is 1. The van der Waals surface area contributed by atoms with Crippen molar-refractivity contribution >= 4 is 17.6 Å². The molecule has 2 rings (SSSR count). The average Bonchev–Trinajstić information content (AvgIpc) is 2.77. The molecule has 1 heterocycles. The van der Waals surface area contributed by atoms with Crippen molar-refractivity contribution in [2.75, 3.05) is 16.6 Å². The van der Waals surface area contributed by atoms with Gasteiger partial charge in [0, 0.05) is 12.3 Å². The molecule has 0 amide bonds. The van der Waals surface area contributed by atoms with Crippen LogP contribution < -0.4 is 4.31 Å². The molecule has 0 spiro atoms. The highest BCUT2D eigenvalue weighted by Gasteiger charge is 2.17. The SMILES string of the molecule is CCCCCCCSN1CCc2ccccc21. The second-order valence-corrected chi connectivity index (χ2v) is 5.84. The lowest BCUT2D eigenvalue weighted by atomic mass is 10.2. The van der Waals surface area contributed by atoms with Crippen molar-refractivity contribution < 1.29 is 0 Å². The van der Waals surface area contributed by atoms with Crippen molar-refractivity contribution in [1.29, 1.82) is 0 Å². The summed E-state index contributed by atoms with van der Waals surface area (Å²) in [6.07, 6.45) is 8.14. The summed E-state index contributed by atoms with van der Waals surface area (Å²) < 4.78 is 2.48. The van der Waals surface area contributed by atoms with Gasteiger partial charge in [0.15, 0.2) is 0 Å². The van der Waals surface area contributed by atoms with Gasteiger partial charge in [-0.25, -0.2) is 0 Å². The standard InChI is InChI=1S/C15H23NS/c1-2-3-4-5-8-13-17-16-12-11-14-9-6-7-10-15(14)16/h6-7,9-10H,2-5,8,11-13H2,1H3. The molecule has 1 aromatic carbocycles. The molecule has 0 aromatic heterocycles. The van der Waals surface area contributed by atoms with Crippen molar-refractivity contribution in [2.45, 2.75) is 45.4 Å². The third-order valence-corrected chi connectivity index (χ3v) is 4.50. The van der Waals surface area contributed by atoms with E-state index in [2.05, 4.69) is 35.5 Å². The molecule has 0 N–H and O–H groups in total. The molecular formula is C15H23NS. The minimum Gasteiger partial charge on any atom is -0.316 e. The van der Waals surface area contributed by atoms with Gasteiger partial charge in [0.1, 0.15) is 0 Å². The fourth-order valence-electron chi connectivity index (χ4n) is 2.32. The number of hydrogen-bond donors (Lipinski definition) is 0. The van der Waals surface area contributed by atoms with E-state index in [9.17, 15) is 0 Å². The van der Waals surface area contributed by atoms with Gasteiger partial charge < -0.3 is 4.31 Å². The third kappa shape index (κ3) is 3.67. The van der Waals surface area contributed by atoms with Crippen LogP contribution in [-0.4, -0.2) is 12.3 Å². The first-order chi connectivity index (χ1) is 8.42. The van der Waals surface area contributed by atoms with E-state index in [4.69, 9.17) is 0 Å². The highest BCUT2D eigenvalue weighted by Crippen LogP contribution is 2.32. The number of hydrogen-bond acceptors (Lipinski definition) is 2. The Morgan fingerprint density at radius 1 is 1.12 bits per heavy atom. The predicted molar refractivity (Wildman–Crippen MR) is 78.7 cm³/mol. The van der Waals surface area contributed by atoms with Gasteiger partial charge in [-0.2, -0.15) is 0 Å². The van der Waals surface area contributed by atoms with E-state index in [0.717, 1.165) is 0 Å². The predicted octanol–water partition coefficient (Wildman–Crippen LogP) is 4.67. The maximum Gasteiger partial charge on any atom is 0.0502 e. The van der Waals surface area contributed by atoms with Crippen LogP contribution in [0.2, 0.25) is 0 Å². The number of anilines is 1. The maximum absolute atomic E-state index is 2.48. The summed E-state index contributed by atoms with van der Waals surface area (Å²) in [5.41, 5.74) is 2.97. The minimum atomic E-state index is 1.19. The molecule has 94 valence electrons. The summed E-state index contributed by atoms with van der Waals surface area (Å²) in [6.45, 7) is 3.47. The molecule has 1 aromatic rings. The molecule has 1 aliphatic rings. The molecule has 0 radical (unpaired) electrons. The fourth-order valence-corrected chi connectivity index (χ4v) is 3.41. The molecule has 2 heteroatoms. The number of unbranched alkanes of at least 4 members (excludes halogenated alkanes) is 4. The van der Waals surface area contributed by atoms with Crippen LogP contribution in [0.3, 0.4) is 0 Å². The Morgan fingerprint density at radius 2 is 1.94 bits per heavy atom. The Kier molecular flexibility index (Phi) is 5.24. The zero-order chi connectivity index (χ0) is 11.9. The first-order valence-corrected chi connectivity index (χ1v) is 7.84. The lowest BCUT2D eigenvalue weighted by Crippen LogP contribution is -2.11. The van der Waals surface area contributed by atoms with E-state index in [-0.39, 0.29) is 0 Å². The summed E-state index contributed by atoms with van der Waals surface area (Å²) in [7, 11) is 0. The zero-order valence-electron chi connectivity index (χ0n) is 10.8. The van der Waals surface area contributed by atoms with Gasteiger partial charge in [-0.15, -0.1) is 0 Å². The summed E-state index contributed by atoms with van der Waals surface area (Å²) in [4.78, 5) is 0. The second-order valence-electron chi connectivity index (χ2n) is 4.73. The van der Waals surface area contributed by atoms with Gasteiger partial charge in [-0.05, 0) is 36.4 Å². The zero-order valence-corrected chi connectivity index (χ0v) is 11.6. The first-order valence-electron chi connectivity index (χ1n) is 6.90. The summed E-state index contributed by atoms with van der Waals surface area (Å²) >= 11 is 2.02. The molecule has 0 bridgehead atoms. The quantitative estimate of drug-likeness (QED) is 0.510. The highest BCUT2D eigenvalue weighted by atomic mass is 32.2. The Morgan fingerprint density at radius 3 is 2.82 bits per heavy atom. The monoisotopic (exact) mass is 249 g/mol. The van der Waals surface area contributed by atoms with Gasteiger partial charge in [0.05, 0.1) is 5.69 Å². The van der Waals surface area contributed by atoms with Crippen molar-refractivity contribution in [3.05, 3.63) is 29.8 Å². The van der Waals surface area contributed by atoms with Crippen LogP contribution in [0.1, 0.15) is 44.6 Å². The topological polar surface area (TPSA) is 3.24 Å². The van der Waals surface area contributed by atoms with Crippen LogP contribution in [0, 0.1) is 0 Å². The van der Waals surface area contributed by atoms with Crippen LogP contribution in [0.5, 0.6) is 0 Å². The minimum absolute atomic E-state index is 1.19. The van der Waals surface area contributed by atoms with E-state index in [0.29, 0.717) is 0 Å². The lowest BCUT2D eigenvalue weighted by molar-refractivity contribution is 0.659. The maximum atomic E-state index is 2.48. The largest absolute Gasteiger partial charge is 0.316 e. The van der Waals surface area contributed by atoms with Gasteiger partial charge in [0.2, 0.25) is 0 Å². The van der Waals surface area contributed by atoms with Crippen molar-refractivity contribution in [3.8, 4) is 0 Å². The Labute approximate surface area is 110 Å². The van der Waals surface area contributed by atoms with E-state index >= 15 is 0 Å². The Bertz CT molecular complexity index is 337. The van der Waals surface area contributed by atoms with Crippen LogP contribution in [0.4, 0.5) is 5.69 Å². The first kappa shape index (κ1) is 12.8. The van der Waals surface area contributed by atoms with Gasteiger partial charge in [-0.1, -0.05) is 50.8 Å². The number of nitrogens with zero attached hydrogens (tertiary/aromatic N) is 1. The molecule has 1 nitrogen and oxygen atoms in total. The van der Waals surface area contributed by atoms with Crippen LogP contribution in [0.25, 0.3) is 0 Å². The smallest absolute Gasteiger partial charge is 0.0502 e. The summed E-state index contributed by atoms with van der Waals surface area (Å²) in [5.74, 6) is 1.28. The molecule has 0 saturated heterocycles. The second kappa shape index (κ2) is 6.95. The fraction of sp³-hybridized carbons (Fsp3) is 0.600. The normalized spacial score (nSPS) is 14.1. The lowest BCUT2D eigenvalue weighted by Gasteiger charge is -2.17. The van der Waals surface area contributed by atoms with Gasteiger partial charge >= 0.3 is 0 Å². The molecule has 0 fully saturated rings. The van der Waals surface area contributed by atoms with Crippen molar-refractivity contribution in [1.82, 2.24) is 0 Å². The average molecular weight is 249 g/mol. The number of fused-ring (bicyclic) bond motifs is 1. The molecule has 0 unspecified atom stereocenters. The third-order valence-electron chi connectivity index (χ3n) is 3.34. The van der Waals surface area contributed by atoms with Gasteiger partial charge in [-0.3, -0.25) is 0 Å². The molecule has 1 aliphatic heterocycles. The van der Waals surface area contributed by atoms with E-state index in [1.165, 1.54) is 62.1 Å². The van der Waals surface area contributed by atoms with Crippen molar-refractivity contribution in [2.24, 2.45) is 0 Å². The number of rotatable bonds is 7. The highest BCUT2D eigenvalue weighted by molar-refractivity contribution is 8.00. The Hall–Kier alpha value is -0.630. The van der Waals surface area contributed by atoms with Crippen LogP contribution in [-0.2, 0) is 6.42 Å². The Balaban J connectivity index is 1.68. The van der Waals surface area contributed by atoms with E-state index in [1.54, 1.807) is 0 Å². The molecule has 0 saturated carbocycles. The van der Waals surface area contributed by atoms with Crippen molar-refractivity contribution in [3.63, 3.8) is 0 Å². The van der Waals surface area contributed by atoms with Gasteiger partial charge in [0.25, 0.3) is 0 Å². The molecule has 17 heavy (non-hydrogen) atoms. The van der Waals surface area contributed by atoms with Crippen LogP contribution >= 0.6 is 11.9 Å².